The van der Waals surface area contributed by atoms with Crippen LogP contribution in [-0.2, 0) is 6.54 Å². The molecule has 1 heterocycles. The van der Waals surface area contributed by atoms with Gasteiger partial charge in [-0.2, -0.15) is 0 Å². The molecule has 0 radical (unpaired) electrons. The van der Waals surface area contributed by atoms with Crippen molar-refractivity contribution in [3.8, 4) is 0 Å². The molecule has 5 nitrogen and oxygen atoms in total. The van der Waals surface area contributed by atoms with Crippen LogP contribution in [0.15, 0.2) is 77.5 Å². The summed E-state index contributed by atoms with van der Waals surface area (Å²) >= 11 is 0. The summed E-state index contributed by atoms with van der Waals surface area (Å²) in [7, 11) is 0. The minimum atomic E-state index is -0.222. The lowest BCUT2D eigenvalue weighted by molar-refractivity contribution is 0.248. The number of nitrogens with zero attached hydrogens (tertiary/aromatic N) is 2. The summed E-state index contributed by atoms with van der Waals surface area (Å²) in [6.45, 7) is 0.311. The number of hydrogen-bond donors (Lipinski definition) is 1. The summed E-state index contributed by atoms with van der Waals surface area (Å²) in [6.07, 6.45) is 1.48. The second-order valence-corrected chi connectivity index (χ2v) is 4.66. The van der Waals surface area contributed by atoms with Crippen molar-refractivity contribution in [1.82, 2.24) is 10.5 Å². The quantitative estimate of drug-likeness (QED) is 0.797. The lowest BCUT2D eigenvalue weighted by atomic mass is 10.2. The number of nitrogens with one attached hydrogen (secondary N) is 1. The van der Waals surface area contributed by atoms with Gasteiger partial charge < -0.3 is 9.84 Å². The third-order valence-electron chi connectivity index (χ3n) is 3.14. The Morgan fingerprint density at radius 1 is 0.955 bits per heavy atom. The van der Waals surface area contributed by atoms with E-state index in [1.54, 1.807) is 11.0 Å². The molecule has 5 heteroatoms. The summed E-state index contributed by atoms with van der Waals surface area (Å²) < 4.78 is 4.76. The number of carbonyl (C=O) groups excluding carboxylic acids is 1. The SMILES string of the molecule is O=C(NCc1ccon1)N(c1ccccc1)c1ccccc1. The standard InChI is InChI=1S/C17H15N3O2/c21-17(18-13-14-11-12-22-19-14)20(15-7-3-1-4-8-15)16-9-5-2-6-10-16/h1-12H,13H2,(H,18,21). The fraction of sp³-hybridized carbons (Fsp3) is 0.0588. The van der Waals surface area contributed by atoms with Gasteiger partial charge in [0.15, 0.2) is 0 Å². The molecule has 0 aliphatic rings. The Balaban J connectivity index is 1.83. The topological polar surface area (TPSA) is 58.4 Å². The zero-order valence-electron chi connectivity index (χ0n) is 11.8. The van der Waals surface area contributed by atoms with Crippen molar-refractivity contribution in [1.29, 1.82) is 0 Å². The Bertz CT molecular complexity index is 673. The lowest BCUT2D eigenvalue weighted by Gasteiger charge is -2.23. The molecule has 3 rings (SSSR count). The maximum Gasteiger partial charge on any atom is 0.326 e. The van der Waals surface area contributed by atoms with E-state index in [1.165, 1.54) is 6.26 Å². The molecule has 1 aromatic heterocycles. The van der Waals surface area contributed by atoms with Crippen LogP contribution in [0.5, 0.6) is 0 Å². The number of aromatic nitrogens is 1. The molecule has 2 amide bonds. The molecule has 0 spiro atoms. The molecule has 0 aliphatic heterocycles. The van der Waals surface area contributed by atoms with Gasteiger partial charge in [-0.1, -0.05) is 41.6 Å². The predicted octanol–water partition coefficient (Wildman–Crippen LogP) is 3.72. The van der Waals surface area contributed by atoms with Gasteiger partial charge in [0.2, 0.25) is 0 Å². The molecule has 2 aromatic carbocycles. The van der Waals surface area contributed by atoms with Crippen LogP contribution in [0.25, 0.3) is 0 Å². The Labute approximate surface area is 128 Å². The van der Waals surface area contributed by atoms with Crippen molar-refractivity contribution in [3.05, 3.63) is 78.7 Å². The van der Waals surface area contributed by atoms with Crippen molar-refractivity contribution < 1.29 is 9.32 Å². The number of para-hydroxylation sites is 2. The van der Waals surface area contributed by atoms with Crippen LogP contribution >= 0.6 is 0 Å². The van der Waals surface area contributed by atoms with Gasteiger partial charge in [0.1, 0.15) is 12.0 Å². The van der Waals surface area contributed by atoms with Crippen LogP contribution in [0, 0.1) is 0 Å². The highest BCUT2D eigenvalue weighted by atomic mass is 16.5. The Morgan fingerprint density at radius 3 is 2.05 bits per heavy atom. The van der Waals surface area contributed by atoms with Crippen molar-refractivity contribution in [3.63, 3.8) is 0 Å². The predicted molar refractivity (Wildman–Crippen MR) is 83.8 cm³/mol. The first-order valence-corrected chi connectivity index (χ1v) is 6.92. The highest BCUT2D eigenvalue weighted by Gasteiger charge is 2.17. The molecule has 3 aromatic rings. The van der Waals surface area contributed by atoms with Crippen LogP contribution < -0.4 is 10.2 Å². The van der Waals surface area contributed by atoms with Crippen LogP contribution in [0.3, 0.4) is 0 Å². The van der Waals surface area contributed by atoms with Gasteiger partial charge in [0, 0.05) is 6.07 Å². The van der Waals surface area contributed by atoms with Gasteiger partial charge in [0.25, 0.3) is 0 Å². The number of hydrogen-bond acceptors (Lipinski definition) is 3. The largest absolute Gasteiger partial charge is 0.364 e. The second kappa shape index (κ2) is 6.58. The second-order valence-electron chi connectivity index (χ2n) is 4.66. The first-order chi connectivity index (χ1) is 10.8. The molecule has 0 bridgehead atoms. The zero-order chi connectivity index (χ0) is 15.2. The molecule has 22 heavy (non-hydrogen) atoms. The molecule has 0 aliphatic carbocycles. The smallest absolute Gasteiger partial charge is 0.326 e. The average molecular weight is 293 g/mol. The minimum Gasteiger partial charge on any atom is -0.364 e. The van der Waals surface area contributed by atoms with E-state index in [4.69, 9.17) is 4.52 Å². The number of benzene rings is 2. The molecular weight excluding hydrogens is 278 g/mol. The van der Waals surface area contributed by atoms with Gasteiger partial charge in [-0.25, -0.2) is 4.79 Å². The molecule has 0 saturated heterocycles. The summed E-state index contributed by atoms with van der Waals surface area (Å²) in [6, 6.07) is 20.5. The first kappa shape index (κ1) is 13.9. The van der Waals surface area contributed by atoms with Crippen molar-refractivity contribution in [2.24, 2.45) is 0 Å². The molecule has 0 fully saturated rings. The van der Waals surface area contributed by atoms with E-state index in [-0.39, 0.29) is 6.03 Å². The third kappa shape index (κ3) is 3.15. The van der Waals surface area contributed by atoms with E-state index in [1.807, 2.05) is 60.7 Å². The summed E-state index contributed by atoms with van der Waals surface area (Å²) in [4.78, 5) is 14.2. The minimum absolute atomic E-state index is 0.222. The third-order valence-corrected chi connectivity index (χ3v) is 3.14. The van der Waals surface area contributed by atoms with Crippen LogP contribution in [-0.4, -0.2) is 11.2 Å². The molecule has 0 unspecified atom stereocenters. The Hall–Kier alpha value is -3.08. The number of urea groups is 1. The van der Waals surface area contributed by atoms with E-state index < -0.39 is 0 Å². The highest BCUT2D eigenvalue weighted by molar-refractivity contribution is 5.99. The van der Waals surface area contributed by atoms with Crippen molar-refractivity contribution in [2.45, 2.75) is 6.54 Å². The molecule has 0 saturated carbocycles. The summed E-state index contributed by atoms with van der Waals surface area (Å²) in [5.74, 6) is 0. The van der Waals surface area contributed by atoms with Crippen LogP contribution in [0.2, 0.25) is 0 Å². The molecule has 1 N–H and O–H groups in total. The molecule has 110 valence electrons. The maximum absolute atomic E-state index is 12.6. The number of anilines is 2. The van der Waals surface area contributed by atoms with Crippen LogP contribution in [0.1, 0.15) is 5.69 Å². The van der Waals surface area contributed by atoms with Gasteiger partial charge >= 0.3 is 6.03 Å². The molecule has 0 atom stereocenters. The zero-order valence-corrected chi connectivity index (χ0v) is 11.8. The van der Waals surface area contributed by atoms with Gasteiger partial charge in [0.05, 0.1) is 17.9 Å². The number of carbonyl (C=O) groups is 1. The van der Waals surface area contributed by atoms with Gasteiger partial charge in [-0.05, 0) is 24.3 Å². The summed E-state index contributed by atoms with van der Waals surface area (Å²) in [5.41, 5.74) is 2.27. The number of amides is 2. The van der Waals surface area contributed by atoms with Gasteiger partial charge in [-0.15, -0.1) is 0 Å². The fourth-order valence-corrected chi connectivity index (χ4v) is 2.11. The van der Waals surface area contributed by atoms with E-state index in [0.717, 1.165) is 11.4 Å². The van der Waals surface area contributed by atoms with E-state index >= 15 is 0 Å². The average Bonchev–Trinajstić information content (AvgIpc) is 3.09. The molecular formula is C17H15N3O2. The highest BCUT2D eigenvalue weighted by Crippen LogP contribution is 2.24. The van der Waals surface area contributed by atoms with Crippen LogP contribution in [0.4, 0.5) is 16.2 Å². The van der Waals surface area contributed by atoms with E-state index in [9.17, 15) is 4.79 Å². The summed E-state index contributed by atoms with van der Waals surface area (Å²) in [5, 5.41) is 6.63. The van der Waals surface area contributed by atoms with Crippen molar-refractivity contribution in [2.75, 3.05) is 4.90 Å². The fourth-order valence-electron chi connectivity index (χ4n) is 2.11. The Morgan fingerprint density at radius 2 is 1.55 bits per heavy atom. The number of rotatable bonds is 4. The van der Waals surface area contributed by atoms with Crippen molar-refractivity contribution >= 4 is 17.4 Å². The van der Waals surface area contributed by atoms with E-state index in [0.29, 0.717) is 12.2 Å². The monoisotopic (exact) mass is 293 g/mol. The van der Waals surface area contributed by atoms with E-state index in [2.05, 4.69) is 10.5 Å². The first-order valence-electron chi connectivity index (χ1n) is 6.92. The Kier molecular flexibility index (Phi) is 4.15. The normalized spacial score (nSPS) is 10.2. The lowest BCUT2D eigenvalue weighted by Crippen LogP contribution is -2.36. The van der Waals surface area contributed by atoms with Gasteiger partial charge in [-0.3, -0.25) is 4.90 Å². The maximum atomic E-state index is 12.6.